The Kier molecular flexibility index (Phi) is 4.50. The van der Waals surface area contributed by atoms with Gasteiger partial charge in [0.1, 0.15) is 18.5 Å². The molecular formula is C14H18FNO3. The number of morpholine rings is 1. The molecule has 1 fully saturated rings. The maximum atomic E-state index is 13.6. The van der Waals surface area contributed by atoms with Gasteiger partial charge in [-0.3, -0.25) is 0 Å². The van der Waals surface area contributed by atoms with Crippen LogP contribution in [0.15, 0.2) is 18.2 Å². The first kappa shape index (κ1) is 14.0. The van der Waals surface area contributed by atoms with Gasteiger partial charge in [-0.2, -0.15) is 0 Å². The van der Waals surface area contributed by atoms with E-state index in [1.807, 2.05) is 7.05 Å². The fourth-order valence-corrected chi connectivity index (χ4v) is 2.00. The third kappa shape index (κ3) is 3.75. The van der Waals surface area contributed by atoms with Crippen LogP contribution in [0.5, 0.6) is 0 Å². The maximum absolute atomic E-state index is 13.6. The summed E-state index contributed by atoms with van der Waals surface area (Å²) in [7, 11) is 1.98. The number of halogens is 1. The van der Waals surface area contributed by atoms with Gasteiger partial charge in [0, 0.05) is 13.1 Å². The fraction of sp³-hybridized carbons (Fsp3) is 0.500. The van der Waals surface area contributed by atoms with Crippen LogP contribution in [0.25, 0.3) is 0 Å². The van der Waals surface area contributed by atoms with Crippen molar-refractivity contribution in [3.63, 3.8) is 0 Å². The lowest BCUT2D eigenvalue weighted by atomic mass is 10.1. The van der Waals surface area contributed by atoms with Crippen LogP contribution in [-0.2, 0) is 9.47 Å². The number of likely N-dealkylation sites (N-methyl/N-ethyl adjacent to an activating group) is 1. The Hall–Kier alpha value is -1.46. The fourth-order valence-electron chi connectivity index (χ4n) is 2.00. The third-order valence-electron chi connectivity index (χ3n) is 3.09. The third-order valence-corrected chi connectivity index (χ3v) is 3.09. The van der Waals surface area contributed by atoms with Crippen molar-refractivity contribution < 1.29 is 18.7 Å². The predicted molar refractivity (Wildman–Crippen MR) is 68.7 cm³/mol. The van der Waals surface area contributed by atoms with Crippen molar-refractivity contribution in [3.05, 3.63) is 35.1 Å². The second kappa shape index (κ2) is 6.12. The summed E-state index contributed by atoms with van der Waals surface area (Å²) in [5.41, 5.74) is 0.737. The summed E-state index contributed by atoms with van der Waals surface area (Å²) in [6.45, 7) is 4.12. The summed E-state index contributed by atoms with van der Waals surface area (Å²) in [6.07, 6.45) is -0.142. The highest BCUT2D eigenvalue weighted by Gasteiger charge is 2.20. The first-order chi connectivity index (χ1) is 9.06. The van der Waals surface area contributed by atoms with Gasteiger partial charge in [-0.1, -0.05) is 6.07 Å². The first-order valence-corrected chi connectivity index (χ1v) is 6.29. The molecule has 1 aromatic rings. The Bertz CT molecular complexity index is 464. The minimum atomic E-state index is -0.644. The minimum Gasteiger partial charge on any atom is -0.459 e. The van der Waals surface area contributed by atoms with Gasteiger partial charge in [-0.05, 0) is 31.7 Å². The van der Waals surface area contributed by atoms with Crippen LogP contribution >= 0.6 is 0 Å². The Labute approximate surface area is 112 Å². The normalized spacial score (nSPS) is 20.3. The summed E-state index contributed by atoms with van der Waals surface area (Å²) in [6, 6.07) is 4.45. The molecule has 1 saturated heterocycles. The first-order valence-electron chi connectivity index (χ1n) is 6.29. The van der Waals surface area contributed by atoms with Crippen LogP contribution in [0.2, 0.25) is 0 Å². The zero-order valence-electron chi connectivity index (χ0n) is 11.2. The number of esters is 1. The predicted octanol–water partition coefficient (Wildman–Crippen LogP) is 1.62. The molecule has 104 valence electrons. The van der Waals surface area contributed by atoms with E-state index in [4.69, 9.17) is 9.47 Å². The minimum absolute atomic E-state index is 0.0326. The largest absolute Gasteiger partial charge is 0.459 e. The number of carbonyl (C=O) groups is 1. The molecule has 1 aliphatic heterocycles. The lowest BCUT2D eigenvalue weighted by Gasteiger charge is -2.29. The Morgan fingerprint density at radius 2 is 2.37 bits per heavy atom. The smallest absolute Gasteiger partial charge is 0.341 e. The van der Waals surface area contributed by atoms with Crippen LogP contribution in [0, 0.1) is 12.7 Å². The summed E-state index contributed by atoms with van der Waals surface area (Å²) < 4.78 is 24.2. The summed E-state index contributed by atoms with van der Waals surface area (Å²) in [5, 5.41) is 0. The molecule has 19 heavy (non-hydrogen) atoms. The zero-order chi connectivity index (χ0) is 13.8. The van der Waals surface area contributed by atoms with Crippen molar-refractivity contribution in [2.75, 3.05) is 33.4 Å². The SMILES string of the molecule is Cc1ccc(C(=O)OCC2CN(C)CCO2)c(F)c1. The monoisotopic (exact) mass is 267 g/mol. The summed E-state index contributed by atoms with van der Waals surface area (Å²) in [5.74, 6) is -1.19. The molecule has 0 amide bonds. The molecule has 0 saturated carbocycles. The van der Waals surface area contributed by atoms with E-state index in [2.05, 4.69) is 4.90 Å². The van der Waals surface area contributed by atoms with Gasteiger partial charge in [-0.15, -0.1) is 0 Å². The van der Waals surface area contributed by atoms with E-state index in [1.54, 1.807) is 13.0 Å². The van der Waals surface area contributed by atoms with E-state index in [-0.39, 0.29) is 18.3 Å². The topological polar surface area (TPSA) is 38.8 Å². The molecule has 1 aromatic carbocycles. The van der Waals surface area contributed by atoms with E-state index in [0.717, 1.165) is 12.1 Å². The summed E-state index contributed by atoms with van der Waals surface area (Å²) in [4.78, 5) is 13.9. The van der Waals surface area contributed by atoms with E-state index < -0.39 is 11.8 Å². The van der Waals surface area contributed by atoms with Gasteiger partial charge in [0.05, 0.1) is 12.2 Å². The number of hydrogen-bond donors (Lipinski definition) is 0. The van der Waals surface area contributed by atoms with Crippen molar-refractivity contribution >= 4 is 5.97 Å². The van der Waals surface area contributed by atoms with Crippen LogP contribution in [0.3, 0.4) is 0 Å². The molecule has 2 rings (SSSR count). The highest BCUT2D eigenvalue weighted by molar-refractivity contribution is 5.89. The van der Waals surface area contributed by atoms with Crippen molar-refractivity contribution in [1.29, 1.82) is 0 Å². The number of ether oxygens (including phenoxy) is 2. The van der Waals surface area contributed by atoms with Crippen LogP contribution in [0.4, 0.5) is 4.39 Å². The average molecular weight is 267 g/mol. The number of rotatable bonds is 3. The van der Waals surface area contributed by atoms with Crippen molar-refractivity contribution in [3.8, 4) is 0 Å². The van der Waals surface area contributed by atoms with Crippen molar-refractivity contribution in [1.82, 2.24) is 4.90 Å². The molecule has 0 radical (unpaired) electrons. The Morgan fingerprint density at radius 1 is 1.58 bits per heavy atom. The lowest BCUT2D eigenvalue weighted by molar-refractivity contribution is -0.0529. The molecule has 1 atom stereocenters. The maximum Gasteiger partial charge on any atom is 0.341 e. The van der Waals surface area contributed by atoms with E-state index in [0.29, 0.717) is 13.2 Å². The second-order valence-corrected chi connectivity index (χ2v) is 4.84. The molecule has 1 heterocycles. The van der Waals surface area contributed by atoms with Crippen molar-refractivity contribution in [2.45, 2.75) is 13.0 Å². The number of carbonyl (C=O) groups excluding carboxylic acids is 1. The molecule has 5 heteroatoms. The molecule has 0 aliphatic carbocycles. The molecule has 1 aliphatic rings. The molecule has 0 bridgehead atoms. The molecule has 4 nitrogen and oxygen atoms in total. The van der Waals surface area contributed by atoms with Crippen LogP contribution < -0.4 is 0 Å². The van der Waals surface area contributed by atoms with E-state index in [1.165, 1.54) is 12.1 Å². The highest BCUT2D eigenvalue weighted by atomic mass is 19.1. The zero-order valence-corrected chi connectivity index (χ0v) is 11.2. The van der Waals surface area contributed by atoms with Gasteiger partial charge >= 0.3 is 5.97 Å². The number of nitrogens with zero attached hydrogens (tertiary/aromatic N) is 1. The number of benzene rings is 1. The quantitative estimate of drug-likeness (QED) is 0.780. The second-order valence-electron chi connectivity index (χ2n) is 4.84. The van der Waals surface area contributed by atoms with Gasteiger partial charge < -0.3 is 14.4 Å². The number of hydrogen-bond acceptors (Lipinski definition) is 4. The van der Waals surface area contributed by atoms with Crippen LogP contribution in [0.1, 0.15) is 15.9 Å². The van der Waals surface area contributed by atoms with Crippen LogP contribution in [-0.4, -0.2) is 50.3 Å². The molecule has 1 unspecified atom stereocenters. The highest BCUT2D eigenvalue weighted by Crippen LogP contribution is 2.12. The lowest BCUT2D eigenvalue weighted by Crippen LogP contribution is -2.42. The van der Waals surface area contributed by atoms with Gasteiger partial charge in [0.15, 0.2) is 0 Å². The molecule has 0 aromatic heterocycles. The van der Waals surface area contributed by atoms with E-state index >= 15 is 0 Å². The van der Waals surface area contributed by atoms with Gasteiger partial charge in [-0.25, -0.2) is 9.18 Å². The Balaban J connectivity index is 1.90. The van der Waals surface area contributed by atoms with Crippen molar-refractivity contribution in [2.24, 2.45) is 0 Å². The average Bonchev–Trinajstić information content (AvgIpc) is 2.36. The Morgan fingerprint density at radius 3 is 3.05 bits per heavy atom. The number of aryl methyl sites for hydroxylation is 1. The molecule has 0 spiro atoms. The van der Waals surface area contributed by atoms with Gasteiger partial charge in [0.2, 0.25) is 0 Å². The standard InChI is InChI=1S/C14H18FNO3/c1-10-3-4-12(13(15)7-10)14(17)19-9-11-8-16(2)5-6-18-11/h3-4,7,11H,5-6,8-9H2,1-2H3. The molecule has 0 N–H and O–H groups in total. The summed E-state index contributed by atoms with van der Waals surface area (Å²) >= 11 is 0. The molecular weight excluding hydrogens is 249 g/mol. The van der Waals surface area contributed by atoms with Gasteiger partial charge in [0.25, 0.3) is 0 Å². The van der Waals surface area contributed by atoms with E-state index in [9.17, 15) is 9.18 Å².